The zero-order valence-electron chi connectivity index (χ0n) is 11.0. The number of carbonyl (C=O) groups is 1. The molecule has 0 spiro atoms. The second-order valence-electron chi connectivity index (χ2n) is 4.60. The predicted molar refractivity (Wildman–Crippen MR) is 77.1 cm³/mol. The minimum atomic E-state index is 0. The van der Waals surface area contributed by atoms with E-state index in [2.05, 4.69) is 0 Å². The van der Waals surface area contributed by atoms with E-state index in [1.165, 1.54) is 0 Å². The summed E-state index contributed by atoms with van der Waals surface area (Å²) in [4.78, 5) is 13.8. The van der Waals surface area contributed by atoms with Crippen molar-refractivity contribution in [3.05, 3.63) is 35.9 Å². The van der Waals surface area contributed by atoms with Gasteiger partial charge in [-0.2, -0.15) is 0 Å². The fourth-order valence-electron chi connectivity index (χ4n) is 2.32. The molecule has 2 rings (SSSR count). The van der Waals surface area contributed by atoms with E-state index in [0.717, 1.165) is 24.9 Å². The summed E-state index contributed by atoms with van der Waals surface area (Å²) in [5, 5.41) is 0. The van der Waals surface area contributed by atoms with Crippen LogP contribution >= 0.6 is 12.4 Å². The van der Waals surface area contributed by atoms with Crippen LogP contribution < -0.4 is 5.73 Å². The van der Waals surface area contributed by atoms with Crippen molar-refractivity contribution in [1.29, 1.82) is 0 Å². The summed E-state index contributed by atoms with van der Waals surface area (Å²) in [7, 11) is 0. The van der Waals surface area contributed by atoms with Gasteiger partial charge >= 0.3 is 0 Å². The van der Waals surface area contributed by atoms with E-state index in [1.54, 1.807) is 0 Å². The van der Waals surface area contributed by atoms with Gasteiger partial charge in [-0.25, -0.2) is 0 Å². The van der Waals surface area contributed by atoms with Crippen LogP contribution in [0.5, 0.6) is 0 Å². The van der Waals surface area contributed by atoms with Crippen molar-refractivity contribution >= 4 is 18.3 Å². The van der Waals surface area contributed by atoms with E-state index >= 15 is 0 Å². The van der Waals surface area contributed by atoms with Gasteiger partial charge in [0.15, 0.2) is 0 Å². The largest absolute Gasteiger partial charge is 0.367 e. The molecule has 4 nitrogen and oxygen atoms in total. The first-order chi connectivity index (χ1) is 8.81. The number of amides is 1. The van der Waals surface area contributed by atoms with Crippen LogP contribution in [0.2, 0.25) is 0 Å². The Morgan fingerprint density at radius 1 is 1.37 bits per heavy atom. The van der Waals surface area contributed by atoms with Crippen LogP contribution in [0.15, 0.2) is 30.3 Å². The van der Waals surface area contributed by atoms with Gasteiger partial charge in [-0.05, 0) is 18.4 Å². The van der Waals surface area contributed by atoms with Crippen molar-refractivity contribution in [1.82, 2.24) is 4.90 Å². The lowest BCUT2D eigenvalue weighted by molar-refractivity contribution is -0.137. The number of benzene rings is 1. The second-order valence-corrected chi connectivity index (χ2v) is 4.60. The summed E-state index contributed by atoms with van der Waals surface area (Å²) in [6, 6.07) is 10.1. The fraction of sp³-hybridized carbons (Fsp3) is 0.500. The molecule has 1 unspecified atom stereocenters. The summed E-state index contributed by atoms with van der Waals surface area (Å²) < 4.78 is 5.45. The van der Waals surface area contributed by atoms with Crippen LogP contribution in [0.4, 0.5) is 0 Å². The third kappa shape index (κ3) is 4.49. The summed E-state index contributed by atoms with van der Waals surface area (Å²) in [6.07, 6.45) is 2.06. The zero-order valence-corrected chi connectivity index (χ0v) is 11.8. The number of rotatable bonds is 5. The monoisotopic (exact) mass is 284 g/mol. The van der Waals surface area contributed by atoms with Crippen LogP contribution in [-0.4, -0.2) is 36.5 Å². The Balaban J connectivity index is 0.00000180. The molecule has 0 radical (unpaired) electrons. The molecule has 0 aromatic heterocycles. The Morgan fingerprint density at radius 2 is 2.11 bits per heavy atom. The maximum absolute atomic E-state index is 12.0. The SMILES string of the molecule is Cl.NCC1CCCN1C(=O)COCc1ccccc1. The molecule has 1 fully saturated rings. The molecule has 19 heavy (non-hydrogen) atoms. The summed E-state index contributed by atoms with van der Waals surface area (Å²) in [5.74, 6) is 0.0545. The molecular weight excluding hydrogens is 264 g/mol. The molecule has 1 atom stereocenters. The van der Waals surface area contributed by atoms with Crippen molar-refractivity contribution in [3.8, 4) is 0 Å². The number of likely N-dealkylation sites (tertiary alicyclic amines) is 1. The first-order valence-electron chi connectivity index (χ1n) is 6.42. The van der Waals surface area contributed by atoms with Crippen LogP contribution in [0.25, 0.3) is 0 Å². The molecule has 0 aliphatic carbocycles. The number of hydrogen-bond acceptors (Lipinski definition) is 3. The van der Waals surface area contributed by atoms with Gasteiger partial charge < -0.3 is 15.4 Å². The molecule has 1 aromatic carbocycles. The van der Waals surface area contributed by atoms with E-state index in [9.17, 15) is 4.79 Å². The van der Waals surface area contributed by atoms with Gasteiger partial charge in [0.05, 0.1) is 6.61 Å². The Labute approximate surface area is 120 Å². The Bertz CT molecular complexity index is 386. The molecule has 1 heterocycles. The smallest absolute Gasteiger partial charge is 0.248 e. The molecular formula is C14H21ClN2O2. The van der Waals surface area contributed by atoms with Crippen LogP contribution in [0, 0.1) is 0 Å². The van der Waals surface area contributed by atoms with Gasteiger partial charge in [0.2, 0.25) is 5.91 Å². The Kier molecular flexibility index (Phi) is 6.84. The molecule has 1 aliphatic heterocycles. The number of nitrogens with zero attached hydrogens (tertiary/aromatic N) is 1. The highest BCUT2D eigenvalue weighted by Crippen LogP contribution is 2.16. The van der Waals surface area contributed by atoms with E-state index < -0.39 is 0 Å². The minimum Gasteiger partial charge on any atom is -0.367 e. The third-order valence-electron chi connectivity index (χ3n) is 3.31. The maximum atomic E-state index is 12.0. The highest BCUT2D eigenvalue weighted by atomic mass is 35.5. The van der Waals surface area contributed by atoms with Crippen molar-refractivity contribution in [2.75, 3.05) is 19.7 Å². The third-order valence-corrected chi connectivity index (χ3v) is 3.31. The number of carbonyl (C=O) groups excluding carboxylic acids is 1. The predicted octanol–water partition coefficient (Wildman–Crippen LogP) is 1.57. The first-order valence-corrected chi connectivity index (χ1v) is 6.42. The van der Waals surface area contributed by atoms with Gasteiger partial charge in [0, 0.05) is 19.1 Å². The van der Waals surface area contributed by atoms with Gasteiger partial charge in [-0.3, -0.25) is 4.79 Å². The second kappa shape index (κ2) is 8.15. The molecule has 1 aliphatic rings. The molecule has 0 saturated carbocycles. The molecule has 2 N–H and O–H groups in total. The minimum absolute atomic E-state index is 0. The molecule has 5 heteroatoms. The lowest BCUT2D eigenvalue weighted by Crippen LogP contribution is -2.41. The van der Waals surface area contributed by atoms with Crippen LogP contribution in [0.3, 0.4) is 0 Å². The lowest BCUT2D eigenvalue weighted by Gasteiger charge is -2.23. The van der Waals surface area contributed by atoms with Gasteiger partial charge in [0.25, 0.3) is 0 Å². The van der Waals surface area contributed by atoms with E-state index in [4.69, 9.17) is 10.5 Å². The van der Waals surface area contributed by atoms with Crippen molar-refractivity contribution in [2.45, 2.75) is 25.5 Å². The fourth-order valence-corrected chi connectivity index (χ4v) is 2.32. The van der Waals surface area contributed by atoms with Gasteiger partial charge in [0.1, 0.15) is 6.61 Å². The van der Waals surface area contributed by atoms with Crippen molar-refractivity contribution in [2.24, 2.45) is 5.73 Å². The topological polar surface area (TPSA) is 55.6 Å². The number of nitrogens with two attached hydrogens (primary N) is 1. The van der Waals surface area contributed by atoms with Crippen molar-refractivity contribution in [3.63, 3.8) is 0 Å². The van der Waals surface area contributed by atoms with Crippen LogP contribution in [0.1, 0.15) is 18.4 Å². The zero-order chi connectivity index (χ0) is 12.8. The average Bonchev–Trinajstić information content (AvgIpc) is 2.88. The molecule has 1 saturated heterocycles. The highest BCUT2D eigenvalue weighted by molar-refractivity contribution is 5.85. The Morgan fingerprint density at radius 3 is 2.79 bits per heavy atom. The summed E-state index contributed by atoms with van der Waals surface area (Å²) in [6.45, 7) is 1.99. The Hall–Kier alpha value is -1.10. The van der Waals surface area contributed by atoms with Crippen molar-refractivity contribution < 1.29 is 9.53 Å². The van der Waals surface area contributed by atoms with E-state index in [-0.39, 0.29) is 31.0 Å². The molecule has 1 amide bonds. The molecule has 106 valence electrons. The average molecular weight is 285 g/mol. The van der Waals surface area contributed by atoms with Gasteiger partial charge in [-0.1, -0.05) is 30.3 Å². The van der Waals surface area contributed by atoms with E-state index in [1.807, 2.05) is 35.2 Å². The normalized spacial score (nSPS) is 18.2. The van der Waals surface area contributed by atoms with Crippen LogP contribution in [-0.2, 0) is 16.1 Å². The summed E-state index contributed by atoms with van der Waals surface area (Å²) in [5.41, 5.74) is 6.73. The number of ether oxygens (including phenoxy) is 1. The highest BCUT2D eigenvalue weighted by Gasteiger charge is 2.27. The lowest BCUT2D eigenvalue weighted by atomic mass is 10.2. The molecule has 0 bridgehead atoms. The standard InChI is InChI=1S/C14H20N2O2.ClH/c15-9-13-7-4-8-16(13)14(17)11-18-10-12-5-2-1-3-6-12;/h1-3,5-6,13H,4,7-11,15H2;1H. The molecule has 1 aromatic rings. The number of halogens is 1. The quantitative estimate of drug-likeness (QED) is 0.893. The van der Waals surface area contributed by atoms with E-state index in [0.29, 0.717) is 13.2 Å². The first kappa shape index (κ1) is 16.0. The summed E-state index contributed by atoms with van der Waals surface area (Å²) >= 11 is 0. The number of hydrogen-bond donors (Lipinski definition) is 1. The van der Waals surface area contributed by atoms with Gasteiger partial charge in [-0.15, -0.1) is 12.4 Å². The maximum Gasteiger partial charge on any atom is 0.248 e.